The molecule has 0 aliphatic heterocycles. The number of amides is 1. The standard InChI is InChI=1S/C15H13BrF3NO4/c1-22-6-7-23-11-3-2-9(15(17,18)19)8-10(11)20-14(21)12-4-5-13(16)24-12/h2-5,8H,6-7H2,1H3,(H,20,21). The molecule has 0 radical (unpaired) electrons. The third kappa shape index (κ3) is 4.75. The third-order valence-electron chi connectivity index (χ3n) is 2.90. The van der Waals surface area contributed by atoms with Crippen LogP contribution in [0, 0.1) is 0 Å². The smallest absolute Gasteiger partial charge is 0.416 e. The van der Waals surface area contributed by atoms with Crippen molar-refractivity contribution in [2.75, 3.05) is 25.6 Å². The summed E-state index contributed by atoms with van der Waals surface area (Å²) in [6.07, 6.45) is -4.54. The Kier molecular flexibility index (Phi) is 5.89. The molecule has 0 aliphatic carbocycles. The van der Waals surface area contributed by atoms with Crippen molar-refractivity contribution >= 4 is 27.5 Å². The molecular formula is C15H13BrF3NO4. The lowest BCUT2D eigenvalue weighted by Crippen LogP contribution is -2.15. The summed E-state index contributed by atoms with van der Waals surface area (Å²) in [5.41, 5.74) is -1.02. The van der Waals surface area contributed by atoms with Crippen LogP contribution in [0.15, 0.2) is 39.4 Å². The summed E-state index contributed by atoms with van der Waals surface area (Å²) < 4.78 is 54.2. The fourth-order valence-corrected chi connectivity index (χ4v) is 2.09. The lowest BCUT2D eigenvalue weighted by Gasteiger charge is -2.14. The quantitative estimate of drug-likeness (QED) is 0.723. The molecule has 0 unspecified atom stereocenters. The zero-order chi connectivity index (χ0) is 17.7. The van der Waals surface area contributed by atoms with Crippen LogP contribution in [0.5, 0.6) is 5.75 Å². The molecule has 0 spiro atoms. The summed E-state index contributed by atoms with van der Waals surface area (Å²) in [4.78, 5) is 12.1. The molecule has 0 fully saturated rings. The van der Waals surface area contributed by atoms with Gasteiger partial charge in [0.15, 0.2) is 10.4 Å². The van der Waals surface area contributed by atoms with Gasteiger partial charge in [0, 0.05) is 7.11 Å². The Hall–Kier alpha value is -2.00. The Balaban J connectivity index is 2.27. The van der Waals surface area contributed by atoms with Gasteiger partial charge in [-0.05, 0) is 46.3 Å². The van der Waals surface area contributed by atoms with Crippen LogP contribution < -0.4 is 10.1 Å². The molecule has 1 aromatic carbocycles. The molecule has 0 saturated carbocycles. The monoisotopic (exact) mass is 407 g/mol. The zero-order valence-electron chi connectivity index (χ0n) is 12.4. The lowest BCUT2D eigenvalue weighted by atomic mass is 10.1. The van der Waals surface area contributed by atoms with Crippen molar-refractivity contribution in [2.45, 2.75) is 6.18 Å². The van der Waals surface area contributed by atoms with Crippen LogP contribution in [0.1, 0.15) is 16.1 Å². The number of methoxy groups -OCH3 is 1. The maximum Gasteiger partial charge on any atom is 0.416 e. The van der Waals surface area contributed by atoms with Crippen molar-refractivity contribution in [1.82, 2.24) is 0 Å². The number of carbonyl (C=O) groups excluding carboxylic acids is 1. The topological polar surface area (TPSA) is 60.7 Å². The van der Waals surface area contributed by atoms with Crippen molar-refractivity contribution in [1.29, 1.82) is 0 Å². The Bertz CT molecular complexity index is 715. The van der Waals surface area contributed by atoms with Crippen LogP contribution in [-0.4, -0.2) is 26.2 Å². The number of hydrogen-bond acceptors (Lipinski definition) is 4. The van der Waals surface area contributed by atoms with Crippen molar-refractivity contribution in [3.63, 3.8) is 0 Å². The summed E-state index contributed by atoms with van der Waals surface area (Å²) >= 11 is 3.05. The summed E-state index contributed by atoms with van der Waals surface area (Å²) in [7, 11) is 1.47. The van der Waals surface area contributed by atoms with E-state index < -0.39 is 17.6 Å². The molecule has 1 N–H and O–H groups in total. The highest BCUT2D eigenvalue weighted by Crippen LogP contribution is 2.35. The predicted molar refractivity (Wildman–Crippen MR) is 83.2 cm³/mol. The number of rotatable bonds is 6. The summed E-state index contributed by atoms with van der Waals surface area (Å²) in [5, 5.41) is 2.36. The molecule has 0 saturated heterocycles. The highest BCUT2D eigenvalue weighted by Gasteiger charge is 2.31. The Morgan fingerprint density at radius 2 is 2.00 bits per heavy atom. The van der Waals surface area contributed by atoms with E-state index in [4.69, 9.17) is 13.9 Å². The molecule has 2 aromatic rings. The SMILES string of the molecule is COCCOc1ccc(C(F)(F)F)cc1NC(=O)c1ccc(Br)o1. The molecule has 130 valence electrons. The minimum Gasteiger partial charge on any atom is -0.489 e. The highest BCUT2D eigenvalue weighted by molar-refractivity contribution is 9.10. The number of ether oxygens (including phenoxy) is 2. The van der Waals surface area contributed by atoms with Crippen molar-refractivity contribution in [3.05, 3.63) is 46.3 Å². The van der Waals surface area contributed by atoms with Crippen LogP contribution in [0.3, 0.4) is 0 Å². The largest absolute Gasteiger partial charge is 0.489 e. The van der Waals surface area contributed by atoms with Gasteiger partial charge in [-0.25, -0.2) is 0 Å². The van der Waals surface area contributed by atoms with E-state index in [-0.39, 0.29) is 30.4 Å². The average Bonchev–Trinajstić information content (AvgIpc) is 2.94. The number of alkyl halides is 3. The van der Waals surface area contributed by atoms with Gasteiger partial charge in [-0.2, -0.15) is 13.2 Å². The van der Waals surface area contributed by atoms with Gasteiger partial charge in [0.25, 0.3) is 5.91 Å². The average molecular weight is 408 g/mol. The first-order valence-corrected chi connectivity index (χ1v) is 7.50. The van der Waals surface area contributed by atoms with E-state index in [9.17, 15) is 18.0 Å². The molecule has 24 heavy (non-hydrogen) atoms. The molecule has 5 nitrogen and oxygen atoms in total. The van der Waals surface area contributed by atoms with Gasteiger partial charge in [0.2, 0.25) is 0 Å². The Morgan fingerprint density at radius 3 is 2.58 bits per heavy atom. The van der Waals surface area contributed by atoms with E-state index in [1.54, 1.807) is 0 Å². The maximum atomic E-state index is 12.9. The van der Waals surface area contributed by atoms with Crippen LogP contribution in [0.25, 0.3) is 0 Å². The van der Waals surface area contributed by atoms with E-state index in [1.165, 1.54) is 19.2 Å². The molecule has 2 rings (SSSR count). The van der Waals surface area contributed by atoms with Crippen LogP contribution >= 0.6 is 15.9 Å². The maximum absolute atomic E-state index is 12.9. The van der Waals surface area contributed by atoms with E-state index in [1.807, 2.05) is 0 Å². The van der Waals surface area contributed by atoms with Gasteiger partial charge < -0.3 is 19.2 Å². The Labute approximate surface area is 143 Å². The van der Waals surface area contributed by atoms with Crippen molar-refractivity contribution < 1.29 is 31.9 Å². The molecule has 1 heterocycles. The predicted octanol–water partition coefficient (Wildman–Crippen LogP) is 4.34. The van der Waals surface area contributed by atoms with Crippen LogP contribution in [-0.2, 0) is 10.9 Å². The fraction of sp³-hybridized carbons (Fsp3) is 0.267. The van der Waals surface area contributed by atoms with E-state index in [2.05, 4.69) is 21.2 Å². The second kappa shape index (κ2) is 7.71. The molecular weight excluding hydrogens is 395 g/mol. The minimum atomic E-state index is -4.54. The zero-order valence-corrected chi connectivity index (χ0v) is 14.0. The van der Waals surface area contributed by atoms with Gasteiger partial charge in [0.1, 0.15) is 12.4 Å². The number of benzene rings is 1. The van der Waals surface area contributed by atoms with Gasteiger partial charge in [-0.1, -0.05) is 0 Å². The first-order chi connectivity index (χ1) is 11.3. The molecule has 1 amide bonds. The number of hydrogen-bond donors (Lipinski definition) is 1. The number of halogens is 4. The Morgan fingerprint density at radius 1 is 1.25 bits per heavy atom. The summed E-state index contributed by atoms with van der Waals surface area (Å²) in [6, 6.07) is 5.71. The molecule has 9 heteroatoms. The van der Waals surface area contributed by atoms with Crippen molar-refractivity contribution in [2.24, 2.45) is 0 Å². The lowest BCUT2D eigenvalue weighted by molar-refractivity contribution is -0.137. The second-order valence-corrected chi connectivity index (χ2v) is 5.39. The molecule has 0 aliphatic rings. The van der Waals surface area contributed by atoms with Gasteiger partial charge >= 0.3 is 6.18 Å². The molecule has 0 atom stereocenters. The first-order valence-electron chi connectivity index (χ1n) is 6.71. The summed E-state index contributed by atoms with van der Waals surface area (Å²) in [6.45, 7) is 0.372. The number of anilines is 1. The van der Waals surface area contributed by atoms with Crippen molar-refractivity contribution in [3.8, 4) is 5.75 Å². The molecule has 1 aromatic heterocycles. The molecule has 0 bridgehead atoms. The van der Waals surface area contributed by atoms with Crippen LogP contribution in [0.2, 0.25) is 0 Å². The van der Waals surface area contributed by atoms with Gasteiger partial charge in [-0.3, -0.25) is 4.79 Å². The van der Waals surface area contributed by atoms with Gasteiger partial charge in [0.05, 0.1) is 17.9 Å². The third-order valence-corrected chi connectivity index (χ3v) is 3.32. The second-order valence-electron chi connectivity index (χ2n) is 4.61. The minimum absolute atomic E-state index is 0.0536. The first kappa shape index (κ1) is 18.3. The normalized spacial score (nSPS) is 11.4. The number of carbonyl (C=O) groups is 1. The van der Waals surface area contributed by atoms with E-state index in [0.29, 0.717) is 4.67 Å². The number of nitrogens with one attached hydrogen (secondary N) is 1. The summed E-state index contributed by atoms with van der Waals surface area (Å²) in [5.74, 6) is -0.655. The van der Waals surface area contributed by atoms with E-state index in [0.717, 1.165) is 18.2 Å². The number of furan rings is 1. The fourth-order valence-electron chi connectivity index (χ4n) is 1.79. The van der Waals surface area contributed by atoms with Crippen LogP contribution in [0.4, 0.5) is 18.9 Å². The van der Waals surface area contributed by atoms with E-state index >= 15 is 0 Å². The van der Waals surface area contributed by atoms with Gasteiger partial charge in [-0.15, -0.1) is 0 Å². The highest BCUT2D eigenvalue weighted by atomic mass is 79.9.